The summed E-state index contributed by atoms with van der Waals surface area (Å²) in [5, 5.41) is 11.9. The van der Waals surface area contributed by atoms with E-state index in [0.717, 1.165) is 3.77 Å². The molecule has 2 aromatic rings. The first kappa shape index (κ1) is 12.7. The van der Waals surface area contributed by atoms with E-state index in [2.05, 4.69) is 27.9 Å². The number of amides is 1. The maximum atomic E-state index is 11.6. The number of halogens is 1. The van der Waals surface area contributed by atoms with Crippen LogP contribution in [0.3, 0.4) is 0 Å². The van der Waals surface area contributed by atoms with E-state index < -0.39 is 0 Å². The topological polar surface area (TPSA) is 62.5 Å². The number of phenolic OH excluding ortho intramolecular Hbond substituents is 1. The normalized spacial score (nSPS) is 10.7. The summed E-state index contributed by atoms with van der Waals surface area (Å²) in [6.45, 7) is 0. The average molecular weight is 355 g/mol. The van der Waals surface area contributed by atoms with Crippen molar-refractivity contribution in [2.45, 2.75) is 0 Å². The predicted molar refractivity (Wildman–Crippen MR) is 77.2 cm³/mol. The van der Waals surface area contributed by atoms with Crippen molar-refractivity contribution in [3.63, 3.8) is 0 Å². The van der Waals surface area contributed by atoms with Crippen LogP contribution in [0.5, 0.6) is 5.75 Å². The third-order valence-corrected chi connectivity index (χ3v) is 2.69. The van der Waals surface area contributed by atoms with Gasteiger partial charge in [0.2, 0.25) is 5.91 Å². The molecule has 1 amide bonds. The zero-order valence-corrected chi connectivity index (χ0v) is 11.4. The minimum Gasteiger partial charge on any atom is -0.508 e. The minimum atomic E-state index is -0.285. The van der Waals surface area contributed by atoms with Crippen molar-refractivity contribution in [1.82, 2.24) is 0 Å². The maximum Gasteiger partial charge on any atom is 0.248 e. The van der Waals surface area contributed by atoms with E-state index in [1.54, 1.807) is 24.3 Å². The van der Waals surface area contributed by atoms with Gasteiger partial charge in [-0.25, -0.2) is 0 Å². The van der Waals surface area contributed by atoms with Gasteiger partial charge in [-0.15, -0.1) is 0 Å². The number of carbonyl (C=O) groups excluding carboxylic acids is 1. The van der Waals surface area contributed by atoms with Gasteiger partial charge in [-0.2, -0.15) is 0 Å². The van der Waals surface area contributed by atoms with E-state index in [0.29, 0.717) is 11.4 Å². The molecular formula is C13H10INO3. The van der Waals surface area contributed by atoms with Crippen molar-refractivity contribution >= 4 is 40.3 Å². The number of anilines is 1. The van der Waals surface area contributed by atoms with E-state index in [9.17, 15) is 9.90 Å². The van der Waals surface area contributed by atoms with Crippen LogP contribution < -0.4 is 5.32 Å². The standard InChI is InChI=1S/C13H10INO3/c14-12-6-4-11(18-12)5-7-13(17)15-9-2-1-3-10(16)8-9/h1-8,16H,(H,15,17)/b7-5+. The van der Waals surface area contributed by atoms with Crippen molar-refractivity contribution in [2.75, 3.05) is 5.32 Å². The molecule has 0 fully saturated rings. The molecule has 0 radical (unpaired) electrons. The minimum absolute atomic E-state index is 0.109. The number of rotatable bonds is 3. The second kappa shape index (κ2) is 5.72. The van der Waals surface area contributed by atoms with Gasteiger partial charge >= 0.3 is 0 Å². The fraction of sp³-hybridized carbons (Fsp3) is 0. The number of hydrogen-bond acceptors (Lipinski definition) is 3. The lowest BCUT2D eigenvalue weighted by molar-refractivity contribution is -0.111. The fourth-order valence-corrected chi connectivity index (χ4v) is 1.78. The summed E-state index contributed by atoms with van der Waals surface area (Å²) in [6, 6.07) is 9.95. The number of carbonyl (C=O) groups is 1. The molecule has 2 N–H and O–H groups in total. The SMILES string of the molecule is O=C(/C=C/c1ccc(I)o1)Nc1cccc(O)c1. The second-order valence-electron chi connectivity index (χ2n) is 3.51. The van der Waals surface area contributed by atoms with Gasteiger partial charge in [-0.3, -0.25) is 4.79 Å². The summed E-state index contributed by atoms with van der Waals surface area (Å²) in [6.07, 6.45) is 2.96. The van der Waals surface area contributed by atoms with E-state index in [-0.39, 0.29) is 11.7 Å². The van der Waals surface area contributed by atoms with Gasteiger partial charge in [0.15, 0.2) is 3.77 Å². The smallest absolute Gasteiger partial charge is 0.248 e. The predicted octanol–water partition coefficient (Wildman–Crippen LogP) is 3.24. The zero-order valence-electron chi connectivity index (χ0n) is 9.26. The van der Waals surface area contributed by atoms with Gasteiger partial charge < -0.3 is 14.8 Å². The Balaban J connectivity index is 1.98. The molecule has 1 aromatic carbocycles. The first-order chi connectivity index (χ1) is 8.63. The van der Waals surface area contributed by atoms with Crippen molar-refractivity contribution in [3.05, 3.63) is 52.0 Å². The first-order valence-electron chi connectivity index (χ1n) is 5.17. The monoisotopic (exact) mass is 355 g/mol. The summed E-state index contributed by atoms with van der Waals surface area (Å²) in [5.74, 6) is 0.440. The van der Waals surface area contributed by atoms with Gasteiger partial charge in [-0.1, -0.05) is 6.07 Å². The molecule has 0 aliphatic rings. The van der Waals surface area contributed by atoms with Crippen LogP contribution in [0.15, 0.2) is 46.9 Å². The van der Waals surface area contributed by atoms with Crippen LogP contribution in [0, 0.1) is 3.77 Å². The molecule has 0 aliphatic heterocycles. The highest BCUT2D eigenvalue weighted by Crippen LogP contribution is 2.15. The van der Waals surface area contributed by atoms with Crippen molar-refractivity contribution in [1.29, 1.82) is 0 Å². The number of hydrogen-bond donors (Lipinski definition) is 2. The molecule has 92 valence electrons. The van der Waals surface area contributed by atoms with Crippen LogP contribution in [0.2, 0.25) is 0 Å². The molecule has 0 saturated carbocycles. The molecule has 0 atom stereocenters. The van der Waals surface area contributed by atoms with Crippen LogP contribution in [0.1, 0.15) is 5.76 Å². The summed E-state index contributed by atoms with van der Waals surface area (Å²) in [7, 11) is 0. The molecule has 18 heavy (non-hydrogen) atoms. The third-order valence-electron chi connectivity index (χ3n) is 2.11. The Morgan fingerprint density at radius 3 is 2.83 bits per heavy atom. The molecule has 5 heteroatoms. The molecule has 4 nitrogen and oxygen atoms in total. The van der Waals surface area contributed by atoms with Crippen LogP contribution in [0.4, 0.5) is 5.69 Å². The zero-order chi connectivity index (χ0) is 13.0. The summed E-state index contributed by atoms with van der Waals surface area (Å²) < 4.78 is 6.05. The Morgan fingerprint density at radius 2 is 2.17 bits per heavy atom. The van der Waals surface area contributed by atoms with Crippen molar-refractivity contribution in [3.8, 4) is 5.75 Å². The Kier molecular flexibility index (Phi) is 4.03. The molecule has 0 saturated heterocycles. The Bertz CT molecular complexity index is 589. The van der Waals surface area contributed by atoms with E-state index in [1.165, 1.54) is 18.2 Å². The molecule has 0 bridgehead atoms. The molecule has 0 unspecified atom stereocenters. The number of phenols is 1. The lowest BCUT2D eigenvalue weighted by Gasteiger charge is -2.01. The van der Waals surface area contributed by atoms with E-state index in [4.69, 9.17) is 4.42 Å². The average Bonchev–Trinajstić information content (AvgIpc) is 2.73. The molecule has 1 aromatic heterocycles. The number of aromatic hydroxyl groups is 1. The van der Waals surface area contributed by atoms with Gasteiger partial charge in [0.1, 0.15) is 11.5 Å². The molecule has 1 heterocycles. The lowest BCUT2D eigenvalue weighted by Crippen LogP contribution is -2.07. The molecule has 2 rings (SSSR count). The number of furan rings is 1. The number of benzene rings is 1. The second-order valence-corrected chi connectivity index (χ2v) is 4.58. The highest BCUT2D eigenvalue weighted by molar-refractivity contribution is 14.1. The van der Waals surface area contributed by atoms with Crippen LogP contribution in [0.25, 0.3) is 6.08 Å². The van der Waals surface area contributed by atoms with Gasteiger partial charge in [-0.05, 0) is 52.9 Å². The summed E-state index contributed by atoms with van der Waals surface area (Å²) in [4.78, 5) is 11.6. The highest BCUT2D eigenvalue weighted by Gasteiger charge is 2.00. The van der Waals surface area contributed by atoms with Crippen LogP contribution in [-0.2, 0) is 4.79 Å². The Hall–Kier alpha value is -1.76. The Labute approximate surface area is 117 Å². The van der Waals surface area contributed by atoms with Gasteiger partial charge in [0.25, 0.3) is 0 Å². The van der Waals surface area contributed by atoms with Crippen LogP contribution >= 0.6 is 22.6 Å². The quantitative estimate of drug-likeness (QED) is 0.656. The van der Waals surface area contributed by atoms with Crippen LogP contribution in [-0.4, -0.2) is 11.0 Å². The first-order valence-corrected chi connectivity index (χ1v) is 6.25. The van der Waals surface area contributed by atoms with Crippen molar-refractivity contribution < 1.29 is 14.3 Å². The van der Waals surface area contributed by atoms with Gasteiger partial charge in [0.05, 0.1) is 0 Å². The van der Waals surface area contributed by atoms with E-state index >= 15 is 0 Å². The summed E-state index contributed by atoms with van der Waals surface area (Å²) >= 11 is 2.05. The fourth-order valence-electron chi connectivity index (χ4n) is 1.34. The van der Waals surface area contributed by atoms with Crippen molar-refractivity contribution in [2.24, 2.45) is 0 Å². The van der Waals surface area contributed by atoms with Gasteiger partial charge in [0, 0.05) is 17.8 Å². The molecule has 0 spiro atoms. The largest absolute Gasteiger partial charge is 0.508 e. The maximum absolute atomic E-state index is 11.6. The van der Waals surface area contributed by atoms with E-state index in [1.807, 2.05) is 6.07 Å². The highest BCUT2D eigenvalue weighted by atomic mass is 127. The lowest BCUT2D eigenvalue weighted by atomic mass is 10.3. The summed E-state index contributed by atoms with van der Waals surface area (Å²) in [5.41, 5.74) is 0.540. The number of nitrogens with one attached hydrogen (secondary N) is 1. The molecular weight excluding hydrogens is 345 g/mol. The Morgan fingerprint density at radius 1 is 1.33 bits per heavy atom. The third kappa shape index (κ3) is 3.63. The molecule has 0 aliphatic carbocycles.